The van der Waals surface area contributed by atoms with Crippen LogP contribution < -0.4 is 5.32 Å². The van der Waals surface area contributed by atoms with Crippen molar-refractivity contribution in [3.63, 3.8) is 0 Å². The topological polar surface area (TPSA) is 21.3 Å². The van der Waals surface area contributed by atoms with E-state index in [9.17, 15) is 0 Å². The van der Waals surface area contributed by atoms with Gasteiger partial charge in [0, 0.05) is 18.6 Å². The molecule has 2 aliphatic rings. The lowest BCUT2D eigenvalue weighted by atomic mass is 9.73. The highest BCUT2D eigenvalue weighted by molar-refractivity contribution is 5.31. The summed E-state index contributed by atoms with van der Waals surface area (Å²) in [6.07, 6.45) is 5.54. The summed E-state index contributed by atoms with van der Waals surface area (Å²) in [7, 11) is 2.07. The number of nitrogens with one attached hydrogen (secondary N) is 1. The lowest BCUT2D eigenvalue weighted by molar-refractivity contribution is 0.0314. The lowest BCUT2D eigenvalue weighted by Crippen LogP contribution is -2.42. The Balaban J connectivity index is 1.84. The molecule has 2 atom stereocenters. The van der Waals surface area contributed by atoms with E-state index in [1.165, 1.54) is 36.0 Å². The van der Waals surface area contributed by atoms with Gasteiger partial charge in [0.05, 0.1) is 6.10 Å². The van der Waals surface area contributed by atoms with Crippen molar-refractivity contribution < 1.29 is 4.74 Å². The van der Waals surface area contributed by atoms with Gasteiger partial charge in [-0.2, -0.15) is 0 Å². The summed E-state index contributed by atoms with van der Waals surface area (Å²) in [5.41, 5.74) is 4.57. The Morgan fingerprint density at radius 1 is 1.25 bits per heavy atom. The van der Waals surface area contributed by atoms with Crippen LogP contribution in [0.2, 0.25) is 0 Å². The summed E-state index contributed by atoms with van der Waals surface area (Å²) in [5, 5.41) is 3.43. The van der Waals surface area contributed by atoms with Crippen LogP contribution in [0.3, 0.4) is 0 Å². The maximum absolute atomic E-state index is 6.13. The molecule has 1 aliphatic carbocycles. The molecule has 2 heteroatoms. The second-order valence-electron chi connectivity index (χ2n) is 6.87. The van der Waals surface area contributed by atoms with Gasteiger partial charge in [0.2, 0.25) is 0 Å². The molecule has 2 nitrogen and oxygen atoms in total. The first kappa shape index (κ1) is 14.1. The molecule has 110 valence electrons. The predicted molar refractivity (Wildman–Crippen MR) is 83.1 cm³/mol. The molecule has 1 saturated heterocycles. The van der Waals surface area contributed by atoms with Gasteiger partial charge < -0.3 is 10.1 Å². The normalized spacial score (nSPS) is 29.9. The van der Waals surface area contributed by atoms with Crippen molar-refractivity contribution in [1.82, 2.24) is 5.32 Å². The highest BCUT2D eigenvalue weighted by atomic mass is 16.5. The molecule has 1 heterocycles. The fraction of sp³-hybridized carbons (Fsp3) is 0.667. The molecule has 1 aromatic carbocycles. The minimum Gasteiger partial charge on any atom is -0.377 e. The van der Waals surface area contributed by atoms with E-state index < -0.39 is 0 Å². The van der Waals surface area contributed by atoms with Crippen LogP contribution in [-0.2, 0) is 11.2 Å². The minimum atomic E-state index is 0.303. The summed E-state index contributed by atoms with van der Waals surface area (Å²) in [4.78, 5) is 0. The first-order valence-corrected chi connectivity index (χ1v) is 7.97. The van der Waals surface area contributed by atoms with Crippen LogP contribution in [0.15, 0.2) is 18.2 Å². The Morgan fingerprint density at radius 2 is 2.05 bits per heavy atom. The van der Waals surface area contributed by atoms with E-state index in [0.29, 0.717) is 11.5 Å². The number of aryl methyl sites for hydroxylation is 2. The molecule has 0 radical (unpaired) electrons. The third-order valence-electron chi connectivity index (χ3n) is 5.21. The van der Waals surface area contributed by atoms with Gasteiger partial charge in [-0.05, 0) is 69.2 Å². The molecule has 0 aromatic heterocycles. The molecule has 0 spiro atoms. The van der Waals surface area contributed by atoms with Gasteiger partial charge in [-0.15, -0.1) is 0 Å². The Kier molecular flexibility index (Phi) is 3.87. The lowest BCUT2D eigenvalue weighted by Gasteiger charge is -2.34. The molecule has 0 amide bonds. The van der Waals surface area contributed by atoms with Gasteiger partial charge in [0.25, 0.3) is 0 Å². The molecule has 0 bridgehead atoms. The molecular formula is C18H27NO. The Hall–Kier alpha value is -0.860. The average molecular weight is 273 g/mol. The fourth-order valence-corrected chi connectivity index (χ4v) is 3.86. The van der Waals surface area contributed by atoms with E-state index in [1.807, 2.05) is 0 Å². The molecule has 1 aromatic rings. The van der Waals surface area contributed by atoms with Crippen LogP contribution in [0, 0.1) is 25.2 Å². The van der Waals surface area contributed by atoms with E-state index in [-0.39, 0.29) is 0 Å². The van der Waals surface area contributed by atoms with Crippen LogP contribution >= 0.6 is 0 Å². The Labute approximate surface area is 122 Å². The van der Waals surface area contributed by atoms with Crippen molar-refractivity contribution in [3.05, 3.63) is 34.9 Å². The monoisotopic (exact) mass is 273 g/mol. The first-order valence-electron chi connectivity index (χ1n) is 7.97. The molecule has 2 fully saturated rings. The highest BCUT2D eigenvalue weighted by Crippen LogP contribution is 2.49. The maximum atomic E-state index is 6.13. The zero-order chi connectivity index (χ0) is 14.2. The van der Waals surface area contributed by atoms with Crippen LogP contribution in [0.25, 0.3) is 0 Å². The Bertz CT molecular complexity index is 480. The van der Waals surface area contributed by atoms with Crippen LogP contribution in [-0.4, -0.2) is 26.3 Å². The summed E-state index contributed by atoms with van der Waals surface area (Å²) in [6, 6.07) is 6.94. The van der Waals surface area contributed by atoms with Crippen molar-refractivity contribution in [2.45, 2.75) is 45.6 Å². The third kappa shape index (κ3) is 2.64. The van der Waals surface area contributed by atoms with Crippen molar-refractivity contribution in [3.8, 4) is 0 Å². The first-order chi connectivity index (χ1) is 9.64. The molecule has 1 N–H and O–H groups in total. The zero-order valence-electron chi connectivity index (χ0n) is 13.0. The van der Waals surface area contributed by atoms with Gasteiger partial charge >= 0.3 is 0 Å². The SMILES string of the molecule is CNCC1(Cc2ccc(C)c(C)c2)CCOC1C1CC1. The highest BCUT2D eigenvalue weighted by Gasteiger charge is 2.50. The van der Waals surface area contributed by atoms with E-state index in [4.69, 9.17) is 4.74 Å². The molecule has 2 unspecified atom stereocenters. The molecular weight excluding hydrogens is 246 g/mol. The average Bonchev–Trinajstić information content (AvgIpc) is 3.17. The summed E-state index contributed by atoms with van der Waals surface area (Å²) in [5.74, 6) is 0.817. The number of rotatable bonds is 5. The van der Waals surface area contributed by atoms with Gasteiger partial charge in [-0.1, -0.05) is 18.2 Å². The van der Waals surface area contributed by atoms with E-state index >= 15 is 0 Å². The summed E-state index contributed by atoms with van der Waals surface area (Å²) < 4.78 is 6.13. The molecule has 3 rings (SSSR count). The third-order valence-corrected chi connectivity index (χ3v) is 5.21. The van der Waals surface area contributed by atoms with Crippen molar-refractivity contribution >= 4 is 0 Å². The smallest absolute Gasteiger partial charge is 0.0675 e. The van der Waals surface area contributed by atoms with Gasteiger partial charge in [-0.3, -0.25) is 0 Å². The van der Waals surface area contributed by atoms with Crippen molar-refractivity contribution in [2.75, 3.05) is 20.2 Å². The maximum Gasteiger partial charge on any atom is 0.0675 e. The molecule has 20 heavy (non-hydrogen) atoms. The number of hydrogen-bond donors (Lipinski definition) is 1. The van der Waals surface area contributed by atoms with E-state index in [2.05, 4.69) is 44.4 Å². The standard InChI is InChI=1S/C18H27NO/c1-13-4-5-15(10-14(13)2)11-18(12-19-3)8-9-20-17(18)16-6-7-16/h4-5,10,16-17,19H,6-9,11-12H2,1-3H3. The van der Waals surface area contributed by atoms with Crippen molar-refractivity contribution in [1.29, 1.82) is 0 Å². The van der Waals surface area contributed by atoms with Gasteiger partial charge in [-0.25, -0.2) is 0 Å². The number of hydrogen-bond acceptors (Lipinski definition) is 2. The number of ether oxygens (including phenoxy) is 1. The summed E-state index contributed by atoms with van der Waals surface area (Å²) >= 11 is 0. The second kappa shape index (κ2) is 5.50. The zero-order valence-corrected chi connectivity index (χ0v) is 13.0. The van der Waals surface area contributed by atoms with Gasteiger partial charge in [0.15, 0.2) is 0 Å². The minimum absolute atomic E-state index is 0.303. The summed E-state index contributed by atoms with van der Waals surface area (Å²) in [6.45, 7) is 6.41. The quantitative estimate of drug-likeness (QED) is 0.889. The van der Waals surface area contributed by atoms with Crippen LogP contribution in [0.1, 0.15) is 36.0 Å². The van der Waals surface area contributed by atoms with E-state index in [0.717, 1.165) is 25.5 Å². The van der Waals surface area contributed by atoms with E-state index in [1.54, 1.807) is 0 Å². The number of benzene rings is 1. The molecule has 1 aliphatic heterocycles. The van der Waals surface area contributed by atoms with Crippen LogP contribution in [0.4, 0.5) is 0 Å². The van der Waals surface area contributed by atoms with Crippen molar-refractivity contribution in [2.24, 2.45) is 11.3 Å². The Morgan fingerprint density at radius 3 is 2.70 bits per heavy atom. The van der Waals surface area contributed by atoms with Gasteiger partial charge in [0.1, 0.15) is 0 Å². The predicted octanol–water partition coefficient (Wildman–Crippen LogP) is 3.25. The largest absolute Gasteiger partial charge is 0.377 e. The molecule has 1 saturated carbocycles. The fourth-order valence-electron chi connectivity index (χ4n) is 3.86. The van der Waals surface area contributed by atoms with Crippen LogP contribution in [0.5, 0.6) is 0 Å². The second-order valence-corrected chi connectivity index (χ2v) is 6.87.